The highest BCUT2D eigenvalue weighted by atomic mass is 16.5. The summed E-state index contributed by atoms with van der Waals surface area (Å²) >= 11 is 0. The number of hydrogen-bond donors (Lipinski definition) is 2. The quantitative estimate of drug-likeness (QED) is 0.256. The van der Waals surface area contributed by atoms with Gasteiger partial charge in [-0.3, -0.25) is 14.3 Å². The lowest BCUT2D eigenvalue weighted by Crippen LogP contribution is -2.42. The van der Waals surface area contributed by atoms with E-state index < -0.39 is 0 Å². The fourth-order valence-corrected chi connectivity index (χ4v) is 6.30. The Bertz CT molecular complexity index is 1520. The van der Waals surface area contributed by atoms with Gasteiger partial charge >= 0.3 is 0 Å². The van der Waals surface area contributed by atoms with Gasteiger partial charge in [-0.05, 0) is 68.0 Å². The summed E-state index contributed by atoms with van der Waals surface area (Å²) < 4.78 is 9.33. The average molecular weight is 571 g/mol. The molecular formula is C33H42N6O3. The van der Waals surface area contributed by atoms with Crippen LogP contribution in [-0.4, -0.2) is 63.9 Å². The van der Waals surface area contributed by atoms with Crippen molar-refractivity contribution in [1.29, 1.82) is 0 Å². The Morgan fingerprint density at radius 3 is 2.67 bits per heavy atom. The van der Waals surface area contributed by atoms with Gasteiger partial charge in [0.05, 0.1) is 0 Å². The Morgan fingerprint density at radius 2 is 1.93 bits per heavy atom. The molecule has 5 rings (SSSR count). The van der Waals surface area contributed by atoms with E-state index in [1.807, 2.05) is 29.2 Å². The number of nitrogens with two attached hydrogens (primary N) is 1. The predicted molar refractivity (Wildman–Crippen MR) is 166 cm³/mol. The van der Waals surface area contributed by atoms with Gasteiger partial charge in [-0.2, -0.15) is 5.10 Å². The number of anilines is 1. The number of ether oxygens (including phenoxy) is 1. The van der Waals surface area contributed by atoms with Crippen LogP contribution in [0.2, 0.25) is 0 Å². The van der Waals surface area contributed by atoms with E-state index in [2.05, 4.69) is 46.2 Å². The lowest BCUT2D eigenvalue weighted by Gasteiger charge is -2.34. The largest absolute Gasteiger partial charge is 0.385 e. The monoisotopic (exact) mass is 570 g/mol. The number of piperidine rings is 1. The van der Waals surface area contributed by atoms with Crippen molar-refractivity contribution < 1.29 is 14.3 Å². The number of benzene rings is 2. The van der Waals surface area contributed by atoms with Gasteiger partial charge in [0.25, 0.3) is 5.91 Å². The van der Waals surface area contributed by atoms with Crippen molar-refractivity contribution >= 4 is 28.4 Å². The topological polar surface area (TPSA) is 107 Å². The van der Waals surface area contributed by atoms with E-state index in [1.165, 1.54) is 26.8 Å². The number of likely N-dealkylation sites (tertiary alicyclic amines) is 1. The molecule has 2 atom stereocenters. The highest BCUT2D eigenvalue weighted by molar-refractivity contribution is 6.03. The molecule has 1 aliphatic rings. The first-order valence-electron chi connectivity index (χ1n) is 14.8. The molecule has 2 aromatic carbocycles. The molecule has 42 heavy (non-hydrogen) atoms. The molecule has 1 unspecified atom stereocenters. The summed E-state index contributed by atoms with van der Waals surface area (Å²) in [5.74, 6) is 0.199. The summed E-state index contributed by atoms with van der Waals surface area (Å²) in [7, 11) is 3.48. The van der Waals surface area contributed by atoms with Crippen molar-refractivity contribution in [2.45, 2.75) is 57.5 Å². The van der Waals surface area contributed by atoms with Crippen LogP contribution in [0, 0.1) is 6.92 Å². The molecule has 3 N–H and O–H groups in total. The molecule has 0 saturated carbocycles. The SMILES string of the molecule is COCCCn1c(C2CCCN(C(=O)C[C@H](N)Cc3ccc(NC(=O)c4ccnn4C)cc3)C2)c(C)c2ccccc21. The number of methoxy groups -OCH3 is 1. The van der Waals surface area contributed by atoms with Gasteiger partial charge in [-0.15, -0.1) is 0 Å². The molecule has 0 bridgehead atoms. The van der Waals surface area contributed by atoms with Crippen molar-refractivity contribution in [3.63, 3.8) is 0 Å². The minimum absolute atomic E-state index is 0.118. The van der Waals surface area contributed by atoms with Crippen LogP contribution in [0.3, 0.4) is 0 Å². The fraction of sp³-hybridized carbons (Fsp3) is 0.424. The van der Waals surface area contributed by atoms with E-state index in [4.69, 9.17) is 10.5 Å². The van der Waals surface area contributed by atoms with Gasteiger partial charge in [-0.25, -0.2) is 0 Å². The number of carbonyl (C=O) groups is 2. The van der Waals surface area contributed by atoms with Crippen molar-refractivity contribution in [3.8, 4) is 0 Å². The van der Waals surface area contributed by atoms with Crippen LogP contribution in [0.1, 0.15) is 58.9 Å². The summed E-state index contributed by atoms with van der Waals surface area (Å²) in [6.45, 7) is 5.34. The second-order valence-electron chi connectivity index (χ2n) is 11.4. The van der Waals surface area contributed by atoms with Crippen LogP contribution in [0.5, 0.6) is 0 Å². The third-order valence-corrected chi connectivity index (χ3v) is 8.36. The number of nitrogens with zero attached hydrogens (tertiary/aromatic N) is 4. The number of aromatic nitrogens is 3. The van der Waals surface area contributed by atoms with E-state index in [0.717, 1.165) is 51.1 Å². The molecule has 0 aliphatic carbocycles. The standard InChI is InChI=1S/C33H42N6O3/c1-23-28-9-4-5-10-29(28)39(18-7-19-42-3)32(23)25-8-6-17-38(22-25)31(40)21-26(34)20-24-11-13-27(14-12-24)36-33(41)30-15-16-35-37(30)2/h4-5,9-16,25-26H,6-8,17-22,34H2,1-3H3,(H,36,41)/t25?,26-/m1/s1. The zero-order valence-corrected chi connectivity index (χ0v) is 24.9. The molecule has 9 heteroatoms. The number of nitrogens with one attached hydrogen (secondary N) is 1. The maximum Gasteiger partial charge on any atom is 0.273 e. The summed E-state index contributed by atoms with van der Waals surface area (Å²) in [5.41, 5.74) is 12.6. The zero-order chi connectivity index (χ0) is 29.6. The molecule has 1 fully saturated rings. The zero-order valence-electron chi connectivity index (χ0n) is 24.9. The second-order valence-corrected chi connectivity index (χ2v) is 11.4. The maximum absolute atomic E-state index is 13.4. The molecular weight excluding hydrogens is 528 g/mol. The molecule has 3 heterocycles. The van der Waals surface area contributed by atoms with Crippen molar-refractivity contribution in [2.24, 2.45) is 12.8 Å². The number of rotatable bonds is 11. The lowest BCUT2D eigenvalue weighted by molar-refractivity contribution is -0.132. The normalized spacial score (nSPS) is 16.1. The van der Waals surface area contributed by atoms with E-state index in [1.54, 1.807) is 26.4 Å². The van der Waals surface area contributed by atoms with Crippen molar-refractivity contribution in [2.75, 3.05) is 32.1 Å². The Balaban J connectivity index is 1.20. The smallest absolute Gasteiger partial charge is 0.273 e. The second kappa shape index (κ2) is 13.4. The van der Waals surface area contributed by atoms with Gasteiger partial charge in [-0.1, -0.05) is 30.3 Å². The summed E-state index contributed by atoms with van der Waals surface area (Å²) in [6, 6.07) is 17.6. The van der Waals surface area contributed by atoms with E-state index >= 15 is 0 Å². The van der Waals surface area contributed by atoms with E-state index in [-0.39, 0.29) is 17.9 Å². The molecule has 4 aromatic rings. The van der Waals surface area contributed by atoms with Gasteiger partial charge < -0.3 is 25.3 Å². The minimum Gasteiger partial charge on any atom is -0.385 e. The first kappa shape index (κ1) is 29.5. The third kappa shape index (κ3) is 6.58. The molecule has 0 spiro atoms. The summed E-state index contributed by atoms with van der Waals surface area (Å²) in [4.78, 5) is 27.9. The summed E-state index contributed by atoms with van der Waals surface area (Å²) in [5, 5.41) is 8.22. The molecule has 1 aliphatic heterocycles. The number of fused-ring (bicyclic) bond motifs is 1. The Morgan fingerprint density at radius 1 is 1.14 bits per heavy atom. The lowest BCUT2D eigenvalue weighted by atomic mass is 9.91. The average Bonchev–Trinajstić information content (AvgIpc) is 3.55. The minimum atomic E-state index is -0.282. The Hall–Kier alpha value is -3.95. The number of para-hydroxylation sites is 1. The van der Waals surface area contributed by atoms with Crippen LogP contribution in [0.4, 0.5) is 5.69 Å². The Labute approximate surface area is 247 Å². The molecule has 1 saturated heterocycles. The number of hydrogen-bond acceptors (Lipinski definition) is 5. The van der Waals surface area contributed by atoms with Gasteiger partial charge in [0.2, 0.25) is 5.91 Å². The van der Waals surface area contributed by atoms with Gasteiger partial charge in [0.1, 0.15) is 5.69 Å². The molecule has 2 amide bonds. The van der Waals surface area contributed by atoms with Crippen molar-refractivity contribution in [1.82, 2.24) is 19.2 Å². The highest BCUT2D eigenvalue weighted by Gasteiger charge is 2.29. The van der Waals surface area contributed by atoms with Crippen LogP contribution >= 0.6 is 0 Å². The van der Waals surface area contributed by atoms with Gasteiger partial charge in [0.15, 0.2) is 0 Å². The number of aryl methyl sites for hydroxylation is 3. The van der Waals surface area contributed by atoms with Crippen LogP contribution < -0.4 is 11.1 Å². The first-order chi connectivity index (χ1) is 20.4. The molecule has 2 aromatic heterocycles. The van der Waals surface area contributed by atoms with E-state index in [9.17, 15) is 9.59 Å². The molecule has 222 valence electrons. The Kier molecular flexibility index (Phi) is 9.39. The van der Waals surface area contributed by atoms with Crippen LogP contribution in [-0.2, 0) is 29.5 Å². The first-order valence-corrected chi connectivity index (χ1v) is 14.8. The van der Waals surface area contributed by atoms with E-state index in [0.29, 0.717) is 30.1 Å². The third-order valence-electron chi connectivity index (χ3n) is 8.36. The molecule has 0 radical (unpaired) electrons. The fourth-order valence-electron chi connectivity index (χ4n) is 6.30. The predicted octanol–water partition coefficient (Wildman–Crippen LogP) is 4.64. The van der Waals surface area contributed by atoms with Crippen LogP contribution in [0.15, 0.2) is 60.8 Å². The number of amides is 2. The number of carbonyl (C=O) groups excluding carboxylic acids is 2. The summed E-state index contributed by atoms with van der Waals surface area (Å²) in [6.07, 6.45) is 5.49. The van der Waals surface area contributed by atoms with Crippen LogP contribution in [0.25, 0.3) is 10.9 Å². The molecule has 9 nitrogen and oxygen atoms in total. The van der Waals surface area contributed by atoms with Crippen molar-refractivity contribution in [3.05, 3.63) is 83.3 Å². The van der Waals surface area contributed by atoms with Gasteiger partial charge in [0, 0.05) is 87.3 Å². The maximum atomic E-state index is 13.4. The highest BCUT2D eigenvalue weighted by Crippen LogP contribution is 2.36.